The van der Waals surface area contributed by atoms with Crippen LogP contribution < -0.4 is 5.73 Å². The van der Waals surface area contributed by atoms with Crippen molar-refractivity contribution in [3.8, 4) is 0 Å². The fraction of sp³-hybridized carbons (Fsp3) is 0.400. The topological polar surface area (TPSA) is 56.2 Å². The Balaban J connectivity index is 2.77. The molecular formula is C10H14N4. The van der Waals surface area contributed by atoms with E-state index in [2.05, 4.69) is 23.9 Å². The van der Waals surface area contributed by atoms with Crippen molar-refractivity contribution < 1.29 is 0 Å². The second kappa shape index (κ2) is 3.38. The van der Waals surface area contributed by atoms with E-state index in [1.54, 1.807) is 6.20 Å². The Morgan fingerprint density at radius 3 is 2.93 bits per heavy atom. The van der Waals surface area contributed by atoms with Gasteiger partial charge in [-0.2, -0.15) is 5.10 Å². The molecule has 0 bridgehead atoms. The normalized spacial score (nSPS) is 11.1. The van der Waals surface area contributed by atoms with Gasteiger partial charge in [0, 0.05) is 18.3 Å². The largest absolute Gasteiger partial charge is 0.325 e. The fourth-order valence-corrected chi connectivity index (χ4v) is 1.64. The predicted molar refractivity (Wildman–Crippen MR) is 55.0 cm³/mol. The van der Waals surface area contributed by atoms with Crippen LogP contribution in [0.3, 0.4) is 0 Å². The van der Waals surface area contributed by atoms with Gasteiger partial charge >= 0.3 is 0 Å². The Kier molecular flexibility index (Phi) is 2.21. The molecule has 0 amide bonds. The average Bonchev–Trinajstić information content (AvgIpc) is 2.55. The summed E-state index contributed by atoms with van der Waals surface area (Å²) >= 11 is 0. The van der Waals surface area contributed by atoms with Crippen molar-refractivity contribution in [2.24, 2.45) is 5.73 Å². The van der Waals surface area contributed by atoms with Crippen molar-refractivity contribution in [3.05, 3.63) is 29.2 Å². The molecule has 0 aliphatic carbocycles. The second-order valence-corrected chi connectivity index (χ2v) is 3.30. The van der Waals surface area contributed by atoms with Crippen molar-refractivity contribution in [3.63, 3.8) is 0 Å². The van der Waals surface area contributed by atoms with Crippen LogP contribution in [0.2, 0.25) is 0 Å². The maximum Gasteiger partial charge on any atom is 0.158 e. The molecule has 0 atom stereocenters. The molecule has 0 aromatic carbocycles. The Bertz CT molecular complexity index is 458. The summed E-state index contributed by atoms with van der Waals surface area (Å²) < 4.78 is 1.84. The van der Waals surface area contributed by atoms with Gasteiger partial charge in [0.05, 0.1) is 11.4 Å². The van der Waals surface area contributed by atoms with E-state index >= 15 is 0 Å². The number of aromatic nitrogens is 3. The van der Waals surface area contributed by atoms with Crippen LogP contribution in [-0.2, 0) is 13.0 Å². The van der Waals surface area contributed by atoms with Gasteiger partial charge in [-0.05, 0) is 19.4 Å². The van der Waals surface area contributed by atoms with Gasteiger partial charge in [-0.1, -0.05) is 6.92 Å². The van der Waals surface area contributed by atoms with Crippen molar-refractivity contribution in [2.45, 2.75) is 26.8 Å². The molecule has 0 radical (unpaired) electrons. The SMILES string of the molecule is CCc1nn2c(CN)ccnc2c1C. The van der Waals surface area contributed by atoms with Gasteiger partial charge in [0.2, 0.25) is 0 Å². The lowest BCUT2D eigenvalue weighted by atomic mass is 10.2. The van der Waals surface area contributed by atoms with Crippen molar-refractivity contribution in [1.82, 2.24) is 14.6 Å². The number of fused-ring (bicyclic) bond motifs is 1. The summed E-state index contributed by atoms with van der Waals surface area (Å²) in [4.78, 5) is 4.30. The first-order chi connectivity index (χ1) is 6.77. The minimum atomic E-state index is 0.489. The van der Waals surface area contributed by atoms with E-state index in [1.807, 2.05) is 10.6 Å². The van der Waals surface area contributed by atoms with Gasteiger partial charge in [-0.15, -0.1) is 0 Å². The molecule has 4 nitrogen and oxygen atoms in total. The average molecular weight is 190 g/mol. The van der Waals surface area contributed by atoms with Crippen molar-refractivity contribution in [2.75, 3.05) is 0 Å². The summed E-state index contributed by atoms with van der Waals surface area (Å²) in [6, 6.07) is 1.90. The summed E-state index contributed by atoms with van der Waals surface area (Å²) in [6.07, 6.45) is 2.71. The van der Waals surface area contributed by atoms with Crippen LogP contribution in [0.1, 0.15) is 23.9 Å². The van der Waals surface area contributed by atoms with Gasteiger partial charge < -0.3 is 5.73 Å². The third-order valence-corrected chi connectivity index (χ3v) is 2.47. The first kappa shape index (κ1) is 9.15. The molecule has 14 heavy (non-hydrogen) atoms. The van der Waals surface area contributed by atoms with E-state index in [4.69, 9.17) is 5.73 Å². The molecular weight excluding hydrogens is 176 g/mol. The van der Waals surface area contributed by atoms with Crippen LogP contribution in [0.15, 0.2) is 12.3 Å². The first-order valence-corrected chi connectivity index (χ1v) is 4.80. The van der Waals surface area contributed by atoms with Crippen LogP contribution in [-0.4, -0.2) is 14.6 Å². The molecule has 4 heteroatoms. The molecule has 0 spiro atoms. The predicted octanol–water partition coefficient (Wildman–Crippen LogP) is 1.06. The van der Waals surface area contributed by atoms with Crippen LogP contribution in [0.4, 0.5) is 0 Å². The highest BCUT2D eigenvalue weighted by atomic mass is 15.3. The lowest BCUT2D eigenvalue weighted by Gasteiger charge is -1.99. The quantitative estimate of drug-likeness (QED) is 0.770. The fourth-order valence-electron chi connectivity index (χ4n) is 1.64. The molecule has 0 fully saturated rings. The minimum absolute atomic E-state index is 0.489. The van der Waals surface area contributed by atoms with Gasteiger partial charge in [-0.25, -0.2) is 9.50 Å². The molecule has 2 heterocycles. The summed E-state index contributed by atoms with van der Waals surface area (Å²) in [5.41, 5.74) is 9.80. The molecule has 2 N–H and O–H groups in total. The molecule has 2 aromatic heterocycles. The monoisotopic (exact) mass is 190 g/mol. The second-order valence-electron chi connectivity index (χ2n) is 3.30. The number of hydrogen-bond donors (Lipinski definition) is 1. The maximum atomic E-state index is 5.63. The summed E-state index contributed by atoms with van der Waals surface area (Å²) in [5.74, 6) is 0. The van der Waals surface area contributed by atoms with E-state index in [0.717, 1.165) is 29.0 Å². The van der Waals surface area contributed by atoms with E-state index in [9.17, 15) is 0 Å². The molecule has 74 valence electrons. The van der Waals surface area contributed by atoms with Crippen LogP contribution in [0.25, 0.3) is 5.65 Å². The Hall–Kier alpha value is -1.42. The number of nitrogens with two attached hydrogens (primary N) is 1. The van der Waals surface area contributed by atoms with Crippen molar-refractivity contribution >= 4 is 5.65 Å². The van der Waals surface area contributed by atoms with Crippen LogP contribution in [0.5, 0.6) is 0 Å². The summed E-state index contributed by atoms with van der Waals surface area (Å²) in [5, 5.41) is 4.48. The number of nitrogens with zero attached hydrogens (tertiary/aromatic N) is 3. The van der Waals surface area contributed by atoms with E-state index in [-0.39, 0.29) is 0 Å². The molecule has 0 aliphatic heterocycles. The summed E-state index contributed by atoms with van der Waals surface area (Å²) in [6.45, 7) is 4.63. The number of rotatable bonds is 2. The Labute approximate surface area is 82.8 Å². The van der Waals surface area contributed by atoms with E-state index in [1.165, 1.54) is 0 Å². The van der Waals surface area contributed by atoms with Gasteiger partial charge in [-0.3, -0.25) is 0 Å². The zero-order valence-corrected chi connectivity index (χ0v) is 8.49. The summed E-state index contributed by atoms with van der Waals surface area (Å²) in [7, 11) is 0. The van der Waals surface area contributed by atoms with Gasteiger partial charge in [0.25, 0.3) is 0 Å². The number of aryl methyl sites for hydroxylation is 2. The highest BCUT2D eigenvalue weighted by molar-refractivity contribution is 5.49. The Morgan fingerprint density at radius 2 is 2.29 bits per heavy atom. The standard InChI is InChI=1S/C10H14N4/c1-3-9-7(2)10-12-5-4-8(6-11)14(10)13-9/h4-5H,3,6,11H2,1-2H3. The van der Waals surface area contributed by atoms with Crippen LogP contribution >= 0.6 is 0 Å². The maximum absolute atomic E-state index is 5.63. The zero-order valence-electron chi connectivity index (χ0n) is 8.49. The van der Waals surface area contributed by atoms with E-state index < -0.39 is 0 Å². The highest BCUT2D eigenvalue weighted by Crippen LogP contribution is 2.14. The minimum Gasteiger partial charge on any atom is -0.325 e. The molecule has 0 unspecified atom stereocenters. The Morgan fingerprint density at radius 1 is 1.50 bits per heavy atom. The van der Waals surface area contributed by atoms with E-state index in [0.29, 0.717) is 6.54 Å². The van der Waals surface area contributed by atoms with Gasteiger partial charge in [0.15, 0.2) is 5.65 Å². The van der Waals surface area contributed by atoms with Crippen LogP contribution in [0, 0.1) is 6.92 Å². The third-order valence-electron chi connectivity index (χ3n) is 2.47. The van der Waals surface area contributed by atoms with Crippen molar-refractivity contribution in [1.29, 1.82) is 0 Å². The first-order valence-electron chi connectivity index (χ1n) is 4.80. The lowest BCUT2D eigenvalue weighted by molar-refractivity contribution is 0.812. The smallest absolute Gasteiger partial charge is 0.158 e. The lowest BCUT2D eigenvalue weighted by Crippen LogP contribution is -2.05. The number of hydrogen-bond acceptors (Lipinski definition) is 3. The molecule has 0 saturated carbocycles. The molecule has 2 aromatic rings. The van der Waals surface area contributed by atoms with Gasteiger partial charge in [0.1, 0.15) is 0 Å². The molecule has 0 saturated heterocycles. The third kappa shape index (κ3) is 1.19. The zero-order chi connectivity index (χ0) is 10.1. The molecule has 0 aliphatic rings. The molecule has 2 rings (SSSR count). The highest BCUT2D eigenvalue weighted by Gasteiger charge is 2.09.